The number of hydrogen-bond donors (Lipinski definition) is 4. The van der Waals surface area contributed by atoms with Crippen LogP contribution in [0.2, 0.25) is 0 Å². The number of alkyl carbamates (subject to hydrolysis) is 1. The minimum absolute atomic E-state index is 0.0252. The van der Waals surface area contributed by atoms with Gasteiger partial charge in [-0.25, -0.2) is 18.0 Å². The first-order valence-corrected chi connectivity index (χ1v) is 14.1. The molecule has 5 N–H and O–H groups in total. The molecule has 4 rings (SSSR count). The first-order chi connectivity index (χ1) is 21.4. The van der Waals surface area contributed by atoms with Crippen LogP contribution in [0.25, 0.3) is 0 Å². The molecule has 14 heteroatoms. The van der Waals surface area contributed by atoms with Gasteiger partial charge in [-0.15, -0.1) is 0 Å². The van der Waals surface area contributed by atoms with Crippen LogP contribution in [-0.2, 0) is 20.7 Å². The van der Waals surface area contributed by atoms with Gasteiger partial charge in [-0.1, -0.05) is 30.3 Å². The van der Waals surface area contributed by atoms with Gasteiger partial charge in [0.25, 0.3) is 0 Å². The second-order valence-corrected chi connectivity index (χ2v) is 10.5. The zero-order chi connectivity index (χ0) is 32.6. The first-order valence-electron chi connectivity index (χ1n) is 14.1. The Morgan fingerprint density at radius 1 is 0.978 bits per heavy atom. The van der Waals surface area contributed by atoms with Gasteiger partial charge in [0.1, 0.15) is 23.5 Å². The van der Waals surface area contributed by atoms with Gasteiger partial charge in [-0.3, -0.25) is 4.79 Å². The lowest BCUT2D eigenvalue weighted by molar-refractivity contribution is -0.160. The Hall–Kier alpha value is -4.30. The number of benzene rings is 3. The number of anilines is 1. The van der Waals surface area contributed by atoms with Crippen molar-refractivity contribution in [3.8, 4) is 0 Å². The minimum Gasteiger partial charge on any atom is -0.440 e. The molecule has 3 aromatic carbocycles. The summed E-state index contributed by atoms with van der Waals surface area (Å²) in [4.78, 5) is 24.3. The summed E-state index contributed by atoms with van der Waals surface area (Å²) < 4.78 is 89.1. The molecule has 0 radical (unpaired) electrons. The second kappa shape index (κ2) is 15.1. The van der Waals surface area contributed by atoms with Gasteiger partial charge in [0.15, 0.2) is 6.61 Å². The summed E-state index contributed by atoms with van der Waals surface area (Å²) in [6.07, 6.45) is -5.64. The van der Waals surface area contributed by atoms with E-state index >= 15 is 4.39 Å². The number of nitrogens with one attached hydrogen (secondary N) is 3. The average Bonchev–Trinajstić information content (AvgIpc) is 3.00. The third-order valence-corrected chi connectivity index (χ3v) is 7.27. The van der Waals surface area contributed by atoms with Crippen LogP contribution < -0.4 is 21.7 Å². The SMILES string of the molecule is NC(=O)[C@@H](Nc1cccc(F)c1CC[C@@H]1CN[C@H](CNC(=O)OCC(F)(F)F)CO1)C(c1ccc(F)cc1)c1ccc(F)cc1. The normalized spacial score (nSPS) is 17.5. The average molecular weight is 639 g/mol. The fourth-order valence-electron chi connectivity index (χ4n) is 5.05. The van der Waals surface area contributed by atoms with E-state index in [1.807, 2.05) is 0 Å². The van der Waals surface area contributed by atoms with Crippen LogP contribution in [0.1, 0.15) is 29.0 Å². The van der Waals surface area contributed by atoms with Crippen LogP contribution in [0.3, 0.4) is 0 Å². The number of amides is 2. The van der Waals surface area contributed by atoms with Gasteiger partial charge in [-0.05, 0) is 60.4 Å². The van der Waals surface area contributed by atoms with E-state index in [-0.39, 0.29) is 37.3 Å². The largest absolute Gasteiger partial charge is 0.440 e. The third kappa shape index (κ3) is 9.85. The summed E-state index contributed by atoms with van der Waals surface area (Å²) in [7, 11) is 0. The fraction of sp³-hybridized carbons (Fsp3) is 0.355. The first kappa shape index (κ1) is 33.6. The van der Waals surface area contributed by atoms with Crippen molar-refractivity contribution >= 4 is 17.7 Å². The van der Waals surface area contributed by atoms with Crippen LogP contribution in [0.15, 0.2) is 66.7 Å². The lowest BCUT2D eigenvalue weighted by Crippen LogP contribution is -2.51. The molecule has 0 spiro atoms. The van der Waals surface area contributed by atoms with E-state index < -0.39 is 54.2 Å². The highest BCUT2D eigenvalue weighted by atomic mass is 19.4. The lowest BCUT2D eigenvalue weighted by Gasteiger charge is -2.31. The number of carbonyl (C=O) groups excluding carboxylic acids is 2. The number of ether oxygens (including phenoxy) is 2. The molecule has 3 atom stereocenters. The van der Waals surface area contributed by atoms with Crippen LogP contribution >= 0.6 is 0 Å². The van der Waals surface area contributed by atoms with E-state index in [4.69, 9.17) is 10.5 Å². The van der Waals surface area contributed by atoms with Crippen LogP contribution in [0.4, 0.5) is 36.8 Å². The van der Waals surface area contributed by atoms with Gasteiger partial charge in [0.2, 0.25) is 5.91 Å². The van der Waals surface area contributed by atoms with E-state index in [2.05, 4.69) is 20.7 Å². The molecule has 45 heavy (non-hydrogen) atoms. The summed E-state index contributed by atoms with van der Waals surface area (Å²) in [5, 5.41) is 8.44. The highest BCUT2D eigenvalue weighted by Gasteiger charge is 2.32. The van der Waals surface area contributed by atoms with Crippen molar-refractivity contribution in [3.05, 3.63) is 101 Å². The van der Waals surface area contributed by atoms with Gasteiger partial charge in [-0.2, -0.15) is 13.2 Å². The van der Waals surface area contributed by atoms with E-state index in [9.17, 15) is 31.5 Å². The zero-order valence-electron chi connectivity index (χ0n) is 23.9. The number of carbonyl (C=O) groups is 2. The molecule has 1 aliphatic rings. The molecule has 0 unspecified atom stereocenters. The lowest BCUT2D eigenvalue weighted by atomic mass is 9.84. The van der Waals surface area contributed by atoms with Gasteiger partial charge < -0.3 is 31.2 Å². The van der Waals surface area contributed by atoms with Crippen molar-refractivity contribution in [1.29, 1.82) is 0 Å². The topological polar surface area (TPSA) is 115 Å². The second-order valence-electron chi connectivity index (χ2n) is 10.5. The van der Waals surface area contributed by atoms with Crippen LogP contribution in [-0.4, -0.2) is 62.7 Å². The summed E-state index contributed by atoms with van der Waals surface area (Å²) >= 11 is 0. The number of halogens is 6. The number of alkyl halides is 3. The molecule has 0 aliphatic carbocycles. The van der Waals surface area contributed by atoms with E-state index in [1.54, 1.807) is 6.07 Å². The molecule has 1 saturated heterocycles. The van der Waals surface area contributed by atoms with Crippen LogP contribution in [0.5, 0.6) is 0 Å². The molecule has 0 aromatic heterocycles. The number of rotatable bonds is 12. The van der Waals surface area contributed by atoms with Crippen molar-refractivity contribution in [2.45, 2.75) is 43.1 Å². The quantitative estimate of drug-likeness (QED) is 0.213. The Bertz CT molecular complexity index is 1390. The molecular formula is C31H32F6N4O4. The summed E-state index contributed by atoms with van der Waals surface area (Å²) in [6.45, 7) is -1.26. The predicted octanol–water partition coefficient (Wildman–Crippen LogP) is 4.78. The van der Waals surface area contributed by atoms with E-state index in [0.29, 0.717) is 29.8 Å². The molecule has 1 heterocycles. The van der Waals surface area contributed by atoms with Crippen molar-refractivity contribution in [2.75, 3.05) is 31.6 Å². The number of primary amides is 1. The smallest absolute Gasteiger partial charge is 0.422 e. The standard InChI is InChI=1S/C31H32F6N4O4/c32-20-8-4-18(5-9-20)27(19-6-10-21(33)11-7-19)28(29(38)42)41-26-3-1-2-25(34)24(26)13-12-23-15-39-22(16-44-23)14-40-30(43)45-17-31(35,36)37/h1-11,22-23,27-28,39,41H,12-17H2,(H2,38,42)(H,40,43)/t22-,23-,28+/m1/s1. The third-order valence-electron chi connectivity index (χ3n) is 7.27. The number of nitrogens with two attached hydrogens (primary N) is 1. The number of morpholine rings is 1. The van der Waals surface area contributed by atoms with Crippen molar-refractivity contribution < 1.29 is 45.4 Å². The molecule has 1 aliphatic heterocycles. The zero-order valence-corrected chi connectivity index (χ0v) is 23.9. The van der Waals surface area contributed by atoms with E-state index in [0.717, 1.165) is 0 Å². The molecule has 8 nitrogen and oxygen atoms in total. The molecule has 1 fully saturated rings. The molecule has 0 saturated carbocycles. The van der Waals surface area contributed by atoms with Crippen LogP contribution in [0, 0.1) is 17.5 Å². The van der Waals surface area contributed by atoms with Crippen molar-refractivity contribution in [3.63, 3.8) is 0 Å². The number of hydrogen-bond acceptors (Lipinski definition) is 6. The molecular weight excluding hydrogens is 606 g/mol. The van der Waals surface area contributed by atoms with Crippen molar-refractivity contribution in [1.82, 2.24) is 10.6 Å². The highest BCUT2D eigenvalue weighted by Crippen LogP contribution is 2.32. The van der Waals surface area contributed by atoms with Gasteiger partial charge in [0.05, 0.1) is 12.7 Å². The Morgan fingerprint density at radius 2 is 1.60 bits per heavy atom. The Balaban J connectivity index is 1.42. The molecule has 0 bridgehead atoms. The van der Waals surface area contributed by atoms with Gasteiger partial charge >= 0.3 is 12.3 Å². The summed E-state index contributed by atoms with van der Waals surface area (Å²) in [5.74, 6) is -3.06. The molecule has 3 aromatic rings. The monoisotopic (exact) mass is 638 g/mol. The Morgan fingerprint density at radius 3 is 2.13 bits per heavy atom. The highest BCUT2D eigenvalue weighted by molar-refractivity contribution is 5.85. The van der Waals surface area contributed by atoms with E-state index in [1.165, 1.54) is 60.7 Å². The molecule has 2 amide bonds. The Kier molecular flexibility index (Phi) is 11.3. The van der Waals surface area contributed by atoms with Crippen molar-refractivity contribution in [2.24, 2.45) is 5.73 Å². The Labute approximate surface area is 255 Å². The maximum absolute atomic E-state index is 15.1. The summed E-state index contributed by atoms with van der Waals surface area (Å²) in [6, 6.07) is 13.7. The predicted molar refractivity (Wildman–Crippen MR) is 153 cm³/mol. The fourth-order valence-corrected chi connectivity index (χ4v) is 5.05. The maximum atomic E-state index is 15.1. The summed E-state index contributed by atoms with van der Waals surface area (Å²) in [5.41, 5.74) is 7.45. The maximum Gasteiger partial charge on any atom is 0.422 e. The minimum atomic E-state index is -4.63. The molecule has 242 valence electrons. The van der Waals surface area contributed by atoms with Gasteiger partial charge in [0, 0.05) is 36.3 Å².